The van der Waals surface area contributed by atoms with E-state index in [1.165, 1.54) is 148 Å². The van der Waals surface area contributed by atoms with Crippen molar-refractivity contribution in [2.45, 2.75) is 231 Å². The van der Waals surface area contributed by atoms with Gasteiger partial charge < -0.3 is 0 Å². The average molecular weight is 697 g/mol. The number of rotatable bonds is 31. The van der Waals surface area contributed by atoms with Crippen molar-refractivity contribution < 1.29 is 0 Å². The van der Waals surface area contributed by atoms with Crippen LogP contribution in [-0.2, 0) is 0 Å². The van der Waals surface area contributed by atoms with E-state index in [0.29, 0.717) is 5.41 Å². The van der Waals surface area contributed by atoms with Crippen LogP contribution in [0.5, 0.6) is 0 Å². The van der Waals surface area contributed by atoms with Crippen LogP contribution in [0.25, 0.3) is 0 Å². The molecule has 296 valence electrons. The maximum absolute atomic E-state index is 2.60. The normalized spacial score (nSPS) is 16.7. The summed E-state index contributed by atoms with van der Waals surface area (Å²) in [5.74, 6) is 7.24. The molecule has 0 saturated carbocycles. The standard InChI is InChI=1S/C44H90.C6H6/c1-13-44(12,34-32-42(10)30-18-28-40(8)26-16-24-38(6)22-14-20-36(2)3)35-33-43(11)31-19-29-41(9)27-17-25-39(7)23-15-21-37(4)5;1-2-4-6-5-3-1/h36-43H,13-35H2,1-12H3;1-6H. The van der Waals surface area contributed by atoms with Crippen LogP contribution in [0, 0.1) is 52.8 Å². The van der Waals surface area contributed by atoms with E-state index < -0.39 is 0 Å². The molecule has 0 aliphatic rings. The average Bonchev–Trinajstić information content (AvgIpc) is 3.07. The first kappa shape index (κ1) is 49.2. The van der Waals surface area contributed by atoms with Crippen LogP contribution < -0.4 is 0 Å². The lowest BCUT2D eigenvalue weighted by atomic mass is 9.75. The molecule has 0 nitrogen and oxygen atoms in total. The zero-order valence-corrected chi connectivity index (χ0v) is 36.8. The second-order valence-corrected chi connectivity index (χ2v) is 19.4. The van der Waals surface area contributed by atoms with Gasteiger partial charge in [-0.1, -0.05) is 254 Å². The lowest BCUT2D eigenvalue weighted by molar-refractivity contribution is 0.212. The molecule has 0 bridgehead atoms. The van der Waals surface area contributed by atoms with Crippen molar-refractivity contribution in [2.24, 2.45) is 52.8 Å². The molecule has 0 radical (unpaired) electrons. The van der Waals surface area contributed by atoms with Gasteiger partial charge in [0.25, 0.3) is 0 Å². The number of benzene rings is 1. The quantitative estimate of drug-likeness (QED) is 0.0725. The van der Waals surface area contributed by atoms with Gasteiger partial charge in [0.2, 0.25) is 0 Å². The Morgan fingerprint density at radius 2 is 0.520 bits per heavy atom. The van der Waals surface area contributed by atoms with Crippen molar-refractivity contribution in [2.75, 3.05) is 0 Å². The molecule has 0 spiro atoms. The van der Waals surface area contributed by atoms with E-state index in [4.69, 9.17) is 0 Å². The molecule has 0 fully saturated rings. The van der Waals surface area contributed by atoms with Gasteiger partial charge in [0, 0.05) is 0 Å². The monoisotopic (exact) mass is 697 g/mol. The third kappa shape index (κ3) is 31.9. The predicted molar refractivity (Wildman–Crippen MR) is 231 cm³/mol. The molecular weight excluding hydrogens is 601 g/mol. The predicted octanol–water partition coefficient (Wildman–Crippen LogP) is 17.8. The second kappa shape index (κ2) is 31.7. The zero-order valence-electron chi connectivity index (χ0n) is 36.8. The van der Waals surface area contributed by atoms with E-state index in [1.807, 2.05) is 36.4 Å². The fourth-order valence-electron chi connectivity index (χ4n) is 7.93. The summed E-state index contributed by atoms with van der Waals surface area (Å²) in [6, 6.07) is 12.0. The molecule has 6 atom stereocenters. The van der Waals surface area contributed by atoms with Gasteiger partial charge in [-0.15, -0.1) is 0 Å². The number of hydrogen-bond donors (Lipinski definition) is 0. The van der Waals surface area contributed by atoms with Gasteiger partial charge >= 0.3 is 0 Å². The first-order valence-corrected chi connectivity index (χ1v) is 22.8. The summed E-state index contributed by atoms with van der Waals surface area (Å²) in [7, 11) is 0. The summed E-state index contributed by atoms with van der Waals surface area (Å²) < 4.78 is 0. The highest BCUT2D eigenvalue weighted by atomic mass is 14.3. The Balaban J connectivity index is 0.00000358. The van der Waals surface area contributed by atoms with Crippen molar-refractivity contribution >= 4 is 0 Å². The van der Waals surface area contributed by atoms with Gasteiger partial charge in [0.05, 0.1) is 0 Å². The van der Waals surface area contributed by atoms with Gasteiger partial charge in [-0.25, -0.2) is 0 Å². The lowest BCUT2D eigenvalue weighted by Crippen LogP contribution is -2.18. The summed E-state index contributed by atoms with van der Waals surface area (Å²) in [5, 5.41) is 0. The Kier molecular flexibility index (Phi) is 31.2. The minimum absolute atomic E-state index is 0.556. The van der Waals surface area contributed by atoms with Gasteiger partial charge in [-0.05, 0) is 65.6 Å². The second-order valence-electron chi connectivity index (χ2n) is 19.4. The van der Waals surface area contributed by atoms with Crippen molar-refractivity contribution in [1.29, 1.82) is 0 Å². The lowest BCUT2D eigenvalue weighted by Gasteiger charge is -2.31. The Labute approximate surface area is 318 Å². The minimum Gasteiger partial charge on any atom is -0.0649 e. The van der Waals surface area contributed by atoms with E-state index in [0.717, 1.165) is 47.3 Å². The van der Waals surface area contributed by atoms with E-state index in [2.05, 4.69) is 83.1 Å². The van der Waals surface area contributed by atoms with Crippen LogP contribution in [0.3, 0.4) is 0 Å². The molecule has 0 heteroatoms. The Hall–Kier alpha value is -0.780. The molecule has 50 heavy (non-hydrogen) atoms. The Morgan fingerprint density at radius 1 is 0.320 bits per heavy atom. The van der Waals surface area contributed by atoms with E-state index in [-0.39, 0.29) is 0 Å². The van der Waals surface area contributed by atoms with E-state index >= 15 is 0 Å². The van der Waals surface area contributed by atoms with Crippen molar-refractivity contribution in [1.82, 2.24) is 0 Å². The molecule has 0 heterocycles. The largest absolute Gasteiger partial charge is 0.0649 e. The van der Waals surface area contributed by atoms with Crippen molar-refractivity contribution in [3.63, 3.8) is 0 Å². The first-order chi connectivity index (χ1) is 23.8. The maximum Gasteiger partial charge on any atom is -0.0328 e. The van der Waals surface area contributed by atoms with Crippen LogP contribution in [0.15, 0.2) is 36.4 Å². The van der Waals surface area contributed by atoms with Gasteiger partial charge in [0.15, 0.2) is 0 Å². The third-order valence-electron chi connectivity index (χ3n) is 12.5. The molecule has 1 aromatic rings. The van der Waals surface area contributed by atoms with Crippen LogP contribution in [0.2, 0.25) is 0 Å². The molecule has 0 aliphatic carbocycles. The maximum atomic E-state index is 2.60. The summed E-state index contributed by atoms with van der Waals surface area (Å²) in [4.78, 5) is 0. The van der Waals surface area contributed by atoms with Crippen molar-refractivity contribution in [3.8, 4) is 0 Å². The van der Waals surface area contributed by atoms with Crippen LogP contribution in [0.1, 0.15) is 231 Å². The van der Waals surface area contributed by atoms with Crippen LogP contribution >= 0.6 is 0 Å². The smallest absolute Gasteiger partial charge is 0.0328 e. The zero-order chi connectivity index (χ0) is 37.6. The molecule has 1 rings (SSSR count). The Bertz CT molecular complexity index is 732. The molecule has 0 amide bonds. The molecule has 0 aliphatic heterocycles. The minimum atomic E-state index is 0.556. The fourth-order valence-corrected chi connectivity index (χ4v) is 7.93. The first-order valence-electron chi connectivity index (χ1n) is 22.8. The van der Waals surface area contributed by atoms with Crippen LogP contribution in [-0.4, -0.2) is 0 Å². The van der Waals surface area contributed by atoms with Crippen LogP contribution in [0.4, 0.5) is 0 Å². The highest BCUT2D eigenvalue weighted by molar-refractivity contribution is 4.99. The fraction of sp³-hybridized carbons (Fsp3) is 0.880. The Morgan fingerprint density at radius 3 is 0.720 bits per heavy atom. The molecule has 6 unspecified atom stereocenters. The van der Waals surface area contributed by atoms with Crippen molar-refractivity contribution in [3.05, 3.63) is 36.4 Å². The SMILES string of the molecule is CCC(C)(CCC(C)CCCC(C)CCCC(C)CCCC(C)C)CCC(C)CCCC(C)CCCC(C)CCCC(C)C.c1ccccc1. The molecular formula is C50H96. The summed E-state index contributed by atoms with van der Waals surface area (Å²) in [6.45, 7) is 29.6. The number of hydrogen-bond acceptors (Lipinski definition) is 0. The third-order valence-corrected chi connectivity index (χ3v) is 12.5. The van der Waals surface area contributed by atoms with Gasteiger partial charge in [-0.2, -0.15) is 0 Å². The molecule has 0 N–H and O–H groups in total. The summed E-state index contributed by atoms with van der Waals surface area (Å²) in [6.07, 6.45) is 33.1. The molecule has 0 saturated heterocycles. The molecule has 1 aromatic carbocycles. The van der Waals surface area contributed by atoms with Gasteiger partial charge in [-0.3, -0.25) is 0 Å². The summed E-state index contributed by atoms with van der Waals surface area (Å²) in [5.41, 5.74) is 0.556. The van der Waals surface area contributed by atoms with Gasteiger partial charge in [0.1, 0.15) is 0 Å². The van der Waals surface area contributed by atoms with E-state index in [9.17, 15) is 0 Å². The topological polar surface area (TPSA) is 0 Å². The molecule has 0 aromatic heterocycles. The van der Waals surface area contributed by atoms with E-state index in [1.54, 1.807) is 0 Å². The summed E-state index contributed by atoms with van der Waals surface area (Å²) >= 11 is 0. The highest BCUT2D eigenvalue weighted by Gasteiger charge is 2.23. The highest BCUT2D eigenvalue weighted by Crippen LogP contribution is 2.37.